The van der Waals surface area contributed by atoms with Crippen molar-refractivity contribution in [3.05, 3.63) is 29.3 Å². The van der Waals surface area contributed by atoms with E-state index in [0.29, 0.717) is 13.0 Å². The molecule has 0 radical (unpaired) electrons. The summed E-state index contributed by atoms with van der Waals surface area (Å²) in [5, 5.41) is 9.51. The highest BCUT2D eigenvalue weighted by atomic mass is 16.3. The average molecular weight is 234 g/mol. The number of phenolic OH excluding ortho intramolecular Hbond substituents is 1. The zero-order chi connectivity index (χ0) is 12.3. The van der Waals surface area contributed by atoms with Crippen LogP contribution in [-0.4, -0.2) is 29.0 Å². The normalized spacial score (nSPS) is 15.6. The Bertz CT molecular complexity index is 418. The second-order valence-electron chi connectivity index (χ2n) is 4.40. The third kappa shape index (κ3) is 2.77. The summed E-state index contributed by atoms with van der Waals surface area (Å²) in [6, 6.07) is 5.47. The number of likely N-dealkylation sites (tertiary alicyclic amines) is 1. The van der Waals surface area contributed by atoms with Gasteiger partial charge in [-0.2, -0.15) is 0 Å². The molecule has 17 heavy (non-hydrogen) atoms. The number of phenols is 1. The van der Waals surface area contributed by atoms with E-state index < -0.39 is 0 Å². The molecule has 0 unspecified atom stereocenters. The summed E-state index contributed by atoms with van der Waals surface area (Å²) >= 11 is 0. The van der Waals surface area contributed by atoms with Crippen molar-refractivity contribution in [2.75, 3.05) is 13.1 Å². The second-order valence-corrected chi connectivity index (χ2v) is 4.40. The first-order valence-electron chi connectivity index (χ1n) is 5.99. The lowest BCUT2D eigenvalue weighted by Crippen LogP contribution is -2.26. The summed E-state index contributed by atoms with van der Waals surface area (Å²) in [5.74, 6) is 0.497. The maximum absolute atomic E-state index is 11.4. The zero-order valence-corrected chi connectivity index (χ0v) is 9.85. The van der Waals surface area contributed by atoms with Crippen LogP contribution in [0.15, 0.2) is 18.2 Å². The maximum Gasteiger partial charge on any atom is 0.222 e. The van der Waals surface area contributed by atoms with Crippen LogP contribution >= 0.6 is 0 Å². The average Bonchev–Trinajstić information content (AvgIpc) is 2.74. The first-order chi connectivity index (χ1) is 8.20. The number of nitrogens with two attached hydrogens (primary N) is 1. The van der Waals surface area contributed by atoms with Gasteiger partial charge in [0.05, 0.1) is 0 Å². The number of hydrogen-bond donors (Lipinski definition) is 2. The van der Waals surface area contributed by atoms with Gasteiger partial charge in [0.2, 0.25) is 5.91 Å². The molecule has 0 spiro atoms. The predicted molar refractivity (Wildman–Crippen MR) is 65.5 cm³/mol. The molecule has 1 aromatic rings. The monoisotopic (exact) mass is 234 g/mol. The van der Waals surface area contributed by atoms with Gasteiger partial charge in [-0.25, -0.2) is 0 Å². The summed E-state index contributed by atoms with van der Waals surface area (Å²) in [4.78, 5) is 13.3. The van der Waals surface area contributed by atoms with Crippen LogP contribution in [-0.2, 0) is 17.8 Å². The Morgan fingerprint density at radius 1 is 1.41 bits per heavy atom. The fourth-order valence-electron chi connectivity index (χ4n) is 2.16. The fraction of sp³-hybridized carbons (Fsp3) is 0.462. The van der Waals surface area contributed by atoms with Crippen LogP contribution in [0, 0.1) is 0 Å². The molecule has 1 heterocycles. The minimum atomic E-state index is 0.244. The van der Waals surface area contributed by atoms with Crippen molar-refractivity contribution >= 4 is 5.91 Å². The number of hydrogen-bond acceptors (Lipinski definition) is 3. The highest BCUT2D eigenvalue weighted by molar-refractivity contribution is 5.78. The molecular formula is C13H18N2O2. The minimum absolute atomic E-state index is 0.244. The Morgan fingerprint density at radius 3 is 2.88 bits per heavy atom. The molecule has 4 nitrogen and oxygen atoms in total. The van der Waals surface area contributed by atoms with Crippen LogP contribution in [0.5, 0.6) is 5.75 Å². The molecule has 4 heteroatoms. The predicted octanol–water partition coefficient (Wildman–Crippen LogP) is 1.02. The fourth-order valence-corrected chi connectivity index (χ4v) is 2.16. The molecule has 1 saturated heterocycles. The van der Waals surface area contributed by atoms with Gasteiger partial charge in [-0.3, -0.25) is 4.79 Å². The quantitative estimate of drug-likeness (QED) is 0.817. The molecule has 1 aromatic carbocycles. The smallest absolute Gasteiger partial charge is 0.222 e. The molecule has 0 saturated carbocycles. The van der Waals surface area contributed by atoms with Gasteiger partial charge < -0.3 is 15.7 Å². The van der Waals surface area contributed by atoms with Gasteiger partial charge in [0.1, 0.15) is 5.75 Å². The molecule has 2 rings (SSSR count). The zero-order valence-electron chi connectivity index (χ0n) is 9.85. The maximum atomic E-state index is 11.4. The highest BCUT2D eigenvalue weighted by Gasteiger charge is 2.19. The van der Waals surface area contributed by atoms with Crippen LogP contribution in [0.3, 0.4) is 0 Å². The molecule has 1 amide bonds. The molecule has 0 bridgehead atoms. The van der Waals surface area contributed by atoms with Gasteiger partial charge in [0, 0.05) is 31.6 Å². The first kappa shape index (κ1) is 11.9. The standard InChI is InChI=1S/C13H18N2O2/c14-9-11-8-10(3-4-12(11)16)5-7-15-6-1-2-13(15)17/h3-4,8,16H,1-2,5-7,9,14H2. The molecule has 3 N–H and O–H groups in total. The number of carbonyl (C=O) groups is 1. The van der Waals surface area contributed by atoms with Gasteiger partial charge in [-0.15, -0.1) is 0 Å². The largest absolute Gasteiger partial charge is 0.508 e. The number of aromatic hydroxyl groups is 1. The molecule has 1 aliphatic heterocycles. The number of rotatable bonds is 4. The van der Waals surface area contributed by atoms with E-state index in [9.17, 15) is 9.90 Å². The van der Waals surface area contributed by atoms with E-state index in [4.69, 9.17) is 5.73 Å². The van der Waals surface area contributed by atoms with Gasteiger partial charge in [-0.05, 0) is 24.5 Å². The van der Waals surface area contributed by atoms with Crippen molar-refractivity contribution in [3.8, 4) is 5.75 Å². The molecule has 0 aliphatic carbocycles. The van der Waals surface area contributed by atoms with Crippen molar-refractivity contribution in [3.63, 3.8) is 0 Å². The lowest BCUT2D eigenvalue weighted by molar-refractivity contribution is -0.127. The summed E-state index contributed by atoms with van der Waals surface area (Å²) in [6.45, 7) is 1.97. The Balaban J connectivity index is 1.97. The van der Waals surface area contributed by atoms with Crippen molar-refractivity contribution in [1.82, 2.24) is 4.90 Å². The summed E-state index contributed by atoms with van der Waals surface area (Å²) in [7, 11) is 0. The Hall–Kier alpha value is -1.55. The summed E-state index contributed by atoms with van der Waals surface area (Å²) in [5.41, 5.74) is 7.41. The molecular weight excluding hydrogens is 216 g/mol. The number of nitrogens with zero attached hydrogens (tertiary/aromatic N) is 1. The van der Waals surface area contributed by atoms with Crippen molar-refractivity contribution in [2.45, 2.75) is 25.8 Å². The van der Waals surface area contributed by atoms with Crippen LogP contribution in [0.25, 0.3) is 0 Å². The van der Waals surface area contributed by atoms with E-state index in [1.807, 2.05) is 17.0 Å². The van der Waals surface area contributed by atoms with E-state index in [1.165, 1.54) is 0 Å². The van der Waals surface area contributed by atoms with Crippen molar-refractivity contribution in [2.24, 2.45) is 5.73 Å². The lowest BCUT2D eigenvalue weighted by Gasteiger charge is -2.15. The minimum Gasteiger partial charge on any atom is -0.508 e. The molecule has 1 fully saturated rings. The SMILES string of the molecule is NCc1cc(CCN2CCCC2=O)ccc1O. The van der Waals surface area contributed by atoms with Crippen LogP contribution in [0.1, 0.15) is 24.0 Å². The van der Waals surface area contributed by atoms with Crippen molar-refractivity contribution in [1.29, 1.82) is 0 Å². The number of benzene rings is 1. The Morgan fingerprint density at radius 2 is 2.24 bits per heavy atom. The van der Waals surface area contributed by atoms with Gasteiger partial charge in [-0.1, -0.05) is 12.1 Å². The first-order valence-corrected chi connectivity index (χ1v) is 5.99. The Labute approximate surface area is 101 Å². The molecule has 0 atom stereocenters. The molecule has 0 aromatic heterocycles. The van der Waals surface area contributed by atoms with Crippen LogP contribution in [0.4, 0.5) is 0 Å². The highest BCUT2D eigenvalue weighted by Crippen LogP contribution is 2.19. The number of carbonyl (C=O) groups excluding carboxylic acids is 1. The third-order valence-corrected chi connectivity index (χ3v) is 3.21. The second kappa shape index (κ2) is 5.19. The summed E-state index contributed by atoms with van der Waals surface area (Å²) < 4.78 is 0. The van der Waals surface area contributed by atoms with Gasteiger partial charge in [0.25, 0.3) is 0 Å². The summed E-state index contributed by atoms with van der Waals surface area (Å²) in [6.07, 6.45) is 2.48. The molecule has 1 aliphatic rings. The van der Waals surface area contributed by atoms with E-state index in [1.54, 1.807) is 6.07 Å². The Kier molecular flexibility index (Phi) is 3.64. The van der Waals surface area contributed by atoms with Crippen LogP contribution in [0.2, 0.25) is 0 Å². The van der Waals surface area contributed by atoms with Gasteiger partial charge in [0.15, 0.2) is 0 Å². The van der Waals surface area contributed by atoms with Crippen LogP contribution < -0.4 is 5.73 Å². The van der Waals surface area contributed by atoms with E-state index >= 15 is 0 Å². The van der Waals surface area contributed by atoms with E-state index in [-0.39, 0.29) is 11.7 Å². The topological polar surface area (TPSA) is 66.6 Å². The van der Waals surface area contributed by atoms with Crippen molar-refractivity contribution < 1.29 is 9.90 Å². The molecule has 92 valence electrons. The number of amides is 1. The van der Waals surface area contributed by atoms with Gasteiger partial charge >= 0.3 is 0 Å². The lowest BCUT2D eigenvalue weighted by atomic mass is 10.1. The third-order valence-electron chi connectivity index (χ3n) is 3.21. The van der Waals surface area contributed by atoms with E-state index in [2.05, 4.69) is 0 Å². The van der Waals surface area contributed by atoms with E-state index in [0.717, 1.165) is 37.1 Å².